The SMILES string of the molecule is CCc1ccccc1[C@@H](CC(=O)OC)N[C@@H]1C2=C(CCCC2)C(=O)N1CCc1ccc(Cl)cc1. The predicted octanol–water partition coefficient (Wildman–Crippen LogP) is 5.38. The molecule has 0 spiro atoms. The molecule has 1 amide bonds. The molecule has 1 heterocycles. The molecule has 2 aromatic carbocycles. The van der Waals surface area contributed by atoms with E-state index in [0.717, 1.165) is 55.2 Å². The van der Waals surface area contributed by atoms with E-state index < -0.39 is 0 Å². The van der Waals surface area contributed by atoms with Gasteiger partial charge < -0.3 is 9.64 Å². The van der Waals surface area contributed by atoms with Crippen molar-refractivity contribution in [2.24, 2.45) is 0 Å². The lowest BCUT2D eigenvalue weighted by molar-refractivity contribution is -0.141. The highest BCUT2D eigenvalue weighted by atomic mass is 35.5. The van der Waals surface area contributed by atoms with Crippen molar-refractivity contribution < 1.29 is 14.3 Å². The van der Waals surface area contributed by atoms with Gasteiger partial charge in [0.2, 0.25) is 0 Å². The number of hydrogen-bond acceptors (Lipinski definition) is 4. The number of methoxy groups -OCH3 is 1. The summed E-state index contributed by atoms with van der Waals surface area (Å²) in [5.74, 6) is -0.139. The summed E-state index contributed by atoms with van der Waals surface area (Å²) in [5.41, 5.74) is 5.57. The van der Waals surface area contributed by atoms with Gasteiger partial charge in [-0.15, -0.1) is 0 Å². The molecule has 5 nitrogen and oxygen atoms in total. The van der Waals surface area contributed by atoms with Gasteiger partial charge >= 0.3 is 5.97 Å². The van der Waals surface area contributed by atoms with E-state index in [1.54, 1.807) is 0 Å². The summed E-state index contributed by atoms with van der Waals surface area (Å²) in [6.45, 7) is 2.72. The summed E-state index contributed by atoms with van der Waals surface area (Å²) in [4.78, 5) is 27.8. The van der Waals surface area contributed by atoms with E-state index in [2.05, 4.69) is 24.4 Å². The normalized spacial score (nSPS) is 18.7. The molecule has 0 unspecified atom stereocenters. The van der Waals surface area contributed by atoms with Gasteiger partial charge in [0.25, 0.3) is 5.91 Å². The Morgan fingerprint density at radius 1 is 1.15 bits per heavy atom. The Morgan fingerprint density at radius 3 is 2.62 bits per heavy atom. The minimum absolute atomic E-state index is 0.127. The van der Waals surface area contributed by atoms with Crippen LogP contribution >= 0.6 is 11.6 Å². The Balaban J connectivity index is 1.63. The van der Waals surface area contributed by atoms with Crippen LogP contribution < -0.4 is 5.32 Å². The number of carbonyl (C=O) groups excluding carboxylic acids is 2. The fourth-order valence-electron chi connectivity index (χ4n) is 5.17. The number of ether oxygens (including phenoxy) is 1. The number of esters is 1. The van der Waals surface area contributed by atoms with Crippen LogP contribution in [0.1, 0.15) is 61.8 Å². The van der Waals surface area contributed by atoms with Crippen molar-refractivity contribution in [2.45, 2.75) is 64.1 Å². The number of rotatable bonds is 9. The maximum absolute atomic E-state index is 13.5. The van der Waals surface area contributed by atoms with Crippen LogP contribution in [0, 0.1) is 0 Å². The van der Waals surface area contributed by atoms with Crippen molar-refractivity contribution in [3.05, 3.63) is 81.4 Å². The summed E-state index contributed by atoms with van der Waals surface area (Å²) in [7, 11) is 1.42. The molecule has 0 saturated carbocycles. The third-order valence-corrected chi connectivity index (χ3v) is 7.25. The van der Waals surface area contributed by atoms with Crippen LogP contribution in [0.2, 0.25) is 5.02 Å². The van der Waals surface area contributed by atoms with Crippen molar-refractivity contribution in [3.8, 4) is 0 Å². The first-order valence-corrected chi connectivity index (χ1v) is 12.6. The Bertz CT molecular complexity index is 1060. The maximum Gasteiger partial charge on any atom is 0.307 e. The van der Waals surface area contributed by atoms with Crippen LogP contribution in [0.3, 0.4) is 0 Å². The Kier molecular flexibility index (Phi) is 8.07. The average molecular weight is 481 g/mol. The first kappa shape index (κ1) is 24.5. The lowest BCUT2D eigenvalue weighted by atomic mass is 9.91. The first-order valence-electron chi connectivity index (χ1n) is 12.2. The zero-order chi connectivity index (χ0) is 24.1. The summed E-state index contributed by atoms with van der Waals surface area (Å²) in [6.07, 6.45) is 5.49. The van der Waals surface area contributed by atoms with E-state index in [-0.39, 0.29) is 30.5 Å². The van der Waals surface area contributed by atoms with Gasteiger partial charge in [-0.1, -0.05) is 54.9 Å². The molecule has 0 bridgehead atoms. The smallest absolute Gasteiger partial charge is 0.307 e. The highest BCUT2D eigenvalue weighted by Crippen LogP contribution is 2.37. The number of carbonyl (C=O) groups is 2. The first-order chi connectivity index (χ1) is 16.5. The van der Waals surface area contributed by atoms with Crippen LogP contribution in [0.15, 0.2) is 59.7 Å². The van der Waals surface area contributed by atoms with E-state index in [0.29, 0.717) is 11.6 Å². The summed E-state index contributed by atoms with van der Waals surface area (Å²) < 4.78 is 5.03. The predicted molar refractivity (Wildman–Crippen MR) is 134 cm³/mol. The molecule has 0 aromatic heterocycles. The second-order valence-corrected chi connectivity index (χ2v) is 9.48. The van der Waals surface area contributed by atoms with Gasteiger partial charge in [0.05, 0.1) is 13.5 Å². The summed E-state index contributed by atoms with van der Waals surface area (Å²) in [5, 5.41) is 4.43. The zero-order valence-corrected chi connectivity index (χ0v) is 20.7. The molecule has 6 heteroatoms. The number of amides is 1. The Morgan fingerprint density at radius 2 is 1.88 bits per heavy atom. The zero-order valence-electron chi connectivity index (χ0n) is 20.0. The van der Waals surface area contributed by atoms with Gasteiger partial charge in [-0.2, -0.15) is 0 Å². The van der Waals surface area contributed by atoms with Gasteiger partial charge in [-0.05, 0) is 72.9 Å². The molecule has 2 aliphatic rings. The van der Waals surface area contributed by atoms with E-state index in [1.807, 2.05) is 41.3 Å². The van der Waals surface area contributed by atoms with Crippen LogP contribution in [0.5, 0.6) is 0 Å². The molecule has 1 N–H and O–H groups in total. The monoisotopic (exact) mass is 480 g/mol. The van der Waals surface area contributed by atoms with Gasteiger partial charge in [0.15, 0.2) is 0 Å². The van der Waals surface area contributed by atoms with Crippen LogP contribution in [0.25, 0.3) is 0 Å². The van der Waals surface area contributed by atoms with E-state index >= 15 is 0 Å². The average Bonchev–Trinajstić information content (AvgIpc) is 3.13. The lowest BCUT2D eigenvalue weighted by Gasteiger charge is -2.33. The molecule has 34 heavy (non-hydrogen) atoms. The van der Waals surface area contributed by atoms with E-state index in [9.17, 15) is 9.59 Å². The Labute approximate surface area is 207 Å². The fourth-order valence-corrected chi connectivity index (χ4v) is 5.30. The summed E-state index contributed by atoms with van der Waals surface area (Å²) >= 11 is 6.04. The highest BCUT2D eigenvalue weighted by Gasteiger charge is 2.40. The number of aryl methyl sites for hydroxylation is 1. The lowest BCUT2D eigenvalue weighted by Crippen LogP contribution is -2.48. The third kappa shape index (κ3) is 5.37. The van der Waals surface area contributed by atoms with E-state index in [4.69, 9.17) is 16.3 Å². The molecular weight excluding hydrogens is 448 g/mol. The van der Waals surface area contributed by atoms with Crippen molar-refractivity contribution in [3.63, 3.8) is 0 Å². The van der Waals surface area contributed by atoms with Gasteiger partial charge in [0.1, 0.15) is 6.17 Å². The van der Waals surface area contributed by atoms with E-state index in [1.165, 1.54) is 18.2 Å². The Hall–Kier alpha value is -2.63. The number of nitrogens with one attached hydrogen (secondary N) is 1. The standard InChI is InChI=1S/C28H33ClN2O3/c1-3-20-8-4-5-9-22(20)25(18-26(32)34-2)30-27-23-10-6-7-11-24(23)28(33)31(27)17-16-19-12-14-21(29)15-13-19/h4-5,8-9,12-15,25,27,30H,3,6-7,10-11,16-18H2,1-2H3/t25-,27+/m1/s1. The van der Waals surface area contributed by atoms with Crippen LogP contribution in [-0.4, -0.2) is 36.6 Å². The van der Waals surface area contributed by atoms with Crippen LogP contribution in [0.4, 0.5) is 0 Å². The minimum atomic E-state index is -0.265. The highest BCUT2D eigenvalue weighted by molar-refractivity contribution is 6.30. The second kappa shape index (κ2) is 11.2. The topological polar surface area (TPSA) is 58.6 Å². The molecule has 0 fully saturated rings. The summed E-state index contributed by atoms with van der Waals surface area (Å²) in [6, 6.07) is 15.8. The largest absolute Gasteiger partial charge is 0.469 e. The maximum atomic E-state index is 13.5. The van der Waals surface area contributed by atoms with Crippen molar-refractivity contribution >= 4 is 23.5 Å². The molecule has 2 atom stereocenters. The van der Waals surface area contributed by atoms with Gasteiger partial charge in [0, 0.05) is 23.2 Å². The number of benzene rings is 2. The molecule has 1 aliphatic carbocycles. The quantitative estimate of drug-likeness (QED) is 0.489. The third-order valence-electron chi connectivity index (χ3n) is 6.99. The number of nitrogens with zero attached hydrogens (tertiary/aromatic N) is 1. The second-order valence-electron chi connectivity index (χ2n) is 9.04. The van der Waals surface area contributed by atoms with Crippen LogP contribution in [-0.2, 0) is 27.2 Å². The molecule has 4 rings (SSSR count). The molecule has 0 radical (unpaired) electrons. The molecule has 2 aromatic rings. The van der Waals surface area contributed by atoms with Gasteiger partial charge in [-0.3, -0.25) is 14.9 Å². The van der Waals surface area contributed by atoms with Gasteiger partial charge in [-0.25, -0.2) is 0 Å². The fraction of sp³-hybridized carbons (Fsp3) is 0.429. The molecule has 180 valence electrons. The van der Waals surface area contributed by atoms with Crippen molar-refractivity contribution in [1.29, 1.82) is 0 Å². The number of hydrogen-bond donors (Lipinski definition) is 1. The van der Waals surface area contributed by atoms with Crippen molar-refractivity contribution in [1.82, 2.24) is 10.2 Å². The molecule has 1 aliphatic heterocycles. The van der Waals surface area contributed by atoms with Crippen molar-refractivity contribution in [2.75, 3.05) is 13.7 Å². The molecular formula is C28H33ClN2O3. The molecule has 0 saturated heterocycles. The number of halogens is 1. The minimum Gasteiger partial charge on any atom is -0.469 e.